The largest absolute Gasteiger partial charge is 0.488 e. The molecule has 3 rings (SSSR count). The Morgan fingerprint density at radius 3 is 2.54 bits per heavy atom. The first-order valence-electron chi connectivity index (χ1n) is 9.69. The van der Waals surface area contributed by atoms with Crippen LogP contribution in [0.2, 0.25) is 0 Å². The standard InChI is InChI=1S/C23H27BrN2O2/c1-23(2,12-16-10-17-6-3-4-7-18(17)11-16)26-14-20(27)15-28-22-19(13-25)8-5-9-21(22)24/h3-9,16,20,26-27H,10-12,14-15H2,1-2H3/t20-/m0/s1. The molecule has 0 spiro atoms. The fourth-order valence-electron chi connectivity index (χ4n) is 3.96. The number of nitrogens with zero attached hydrogens (tertiary/aromatic N) is 1. The molecule has 28 heavy (non-hydrogen) atoms. The van der Waals surface area contributed by atoms with Gasteiger partial charge in [-0.3, -0.25) is 0 Å². The van der Waals surface area contributed by atoms with Crippen LogP contribution in [0.1, 0.15) is 37.0 Å². The van der Waals surface area contributed by atoms with E-state index < -0.39 is 6.10 Å². The zero-order valence-corrected chi connectivity index (χ0v) is 18.0. The van der Waals surface area contributed by atoms with Gasteiger partial charge >= 0.3 is 0 Å². The maximum Gasteiger partial charge on any atom is 0.151 e. The first kappa shape index (κ1) is 20.9. The van der Waals surface area contributed by atoms with Crippen LogP contribution in [0, 0.1) is 17.2 Å². The Hall–Kier alpha value is -1.87. The van der Waals surface area contributed by atoms with Crippen molar-refractivity contribution < 1.29 is 9.84 Å². The van der Waals surface area contributed by atoms with Gasteiger partial charge in [-0.1, -0.05) is 30.3 Å². The monoisotopic (exact) mass is 442 g/mol. The number of aliphatic hydroxyl groups excluding tert-OH is 1. The molecule has 2 N–H and O–H groups in total. The average Bonchev–Trinajstić information content (AvgIpc) is 3.06. The van der Waals surface area contributed by atoms with Gasteiger partial charge in [0.2, 0.25) is 0 Å². The number of rotatable bonds is 8. The summed E-state index contributed by atoms with van der Waals surface area (Å²) in [6, 6.07) is 16.1. The van der Waals surface area contributed by atoms with Gasteiger partial charge in [-0.25, -0.2) is 0 Å². The van der Waals surface area contributed by atoms with Crippen LogP contribution < -0.4 is 10.1 Å². The van der Waals surface area contributed by atoms with Gasteiger partial charge in [0, 0.05) is 12.1 Å². The van der Waals surface area contributed by atoms with E-state index in [4.69, 9.17) is 4.74 Å². The van der Waals surface area contributed by atoms with Crippen molar-refractivity contribution in [1.82, 2.24) is 5.32 Å². The molecule has 0 unspecified atom stereocenters. The highest BCUT2D eigenvalue weighted by atomic mass is 79.9. The second-order valence-electron chi connectivity index (χ2n) is 8.21. The summed E-state index contributed by atoms with van der Waals surface area (Å²) in [5.41, 5.74) is 3.33. The lowest BCUT2D eigenvalue weighted by molar-refractivity contribution is 0.0961. The molecule has 0 saturated heterocycles. The second-order valence-corrected chi connectivity index (χ2v) is 9.06. The minimum absolute atomic E-state index is 0.0706. The Morgan fingerprint density at radius 1 is 1.21 bits per heavy atom. The summed E-state index contributed by atoms with van der Waals surface area (Å²) in [4.78, 5) is 0. The highest BCUT2D eigenvalue weighted by molar-refractivity contribution is 9.10. The Kier molecular flexibility index (Phi) is 6.77. The molecule has 2 aromatic rings. The maximum absolute atomic E-state index is 10.3. The molecule has 1 aliphatic rings. The molecule has 2 aromatic carbocycles. The topological polar surface area (TPSA) is 65.3 Å². The van der Waals surface area contributed by atoms with Crippen LogP contribution in [-0.2, 0) is 12.8 Å². The number of hydrogen-bond acceptors (Lipinski definition) is 4. The Balaban J connectivity index is 1.46. The van der Waals surface area contributed by atoms with Crippen LogP contribution in [0.15, 0.2) is 46.9 Å². The van der Waals surface area contributed by atoms with E-state index in [0.29, 0.717) is 28.2 Å². The number of aliphatic hydroxyl groups is 1. The molecule has 0 aromatic heterocycles. The number of hydrogen-bond donors (Lipinski definition) is 2. The fourth-order valence-corrected chi connectivity index (χ4v) is 4.44. The average molecular weight is 443 g/mol. The summed E-state index contributed by atoms with van der Waals surface area (Å²) in [6.07, 6.45) is 2.66. The molecular weight excluding hydrogens is 416 g/mol. The van der Waals surface area contributed by atoms with Crippen LogP contribution in [0.3, 0.4) is 0 Å². The number of nitrogens with one attached hydrogen (secondary N) is 1. The van der Waals surface area contributed by atoms with Crippen LogP contribution in [0.25, 0.3) is 0 Å². The number of nitriles is 1. The zero-order chi connectivity index (χ0) is 20.1. The molecule has 1 aliphatic carbocycles. The van der Waals surface area contributed by atoms with Crippen LogP contribution >= 0.6 is 15.9 Å². The van der Waals surface area contributed by atoms with Gasteiger partial charge in [-0.15, -0.1) is 0 Å². The van der Waals surface area contributed by atoms with E-state index in [1.54, 1.807) is 12.1 Å². The molecule has 0 heterocycles. The highest BCUT2D eigenvalue weighted by Gasteiger charge is 2.28. The van der Waals surface area contributed by atoms with Gasteiger partial charge in [0.05, 0.1) is 10.0 Å². The molecule has 0 fully saturated rings. The van der Waals surface area contributed by atoms with Crippen molar-refractivity contribution in [3.05, 3.63) is 63.6 Å². The normalized spacial score (nSPS) is 15.1. The molecule has 0 amide bonds. The van der Waals surface area contributed by atoms with E-state index >= 15 is 0 Å². The fraction of sp³-hybridized carbons (Fsp3) is 0.435. The summed E-state index contributed by atoms with van der Waals surface area (Å²) in [6.45, 7) is 4.95. The Morgan fingerprint density at radius 2 is 1.89 bits per heavy atom. The van der Waals surface area contributed by atoms with E-state index in [1.165, 1.54) is 11.1 Å². The predicted octanol–water partition coefficient (Wildman–Crippen LogP) is 4.23. The summed E-state index contributed by atoms with van der Waals surface area (Å²) in [5, 5.41) is 23.0. The van der Waals surface area contributed by atoms with Crippen molar-refractivity contribution in [3.63, 3.8) is 0 Å². The molecule has 0 saturated carbocycles. The van der Waals surface area contributed by atoms with Gasteiger partial charge in [-0.2, -0.15) is 5.26 Å². The summed E-state index contributed by atoms with van der Waals surface area (Å²) < 4.78 is 6.42. The molecule has 5 heteroatoms. The van der Waals surface area contributed by atoms with E-state index in [1.807, 2.05) is 6.07 Å². The van der Waals surface area contributed by atoms with Gasteiger partial charge in [-0.05, 0) is 78.2 Å². The maximum atomic E-state index is 10.3. The summed E-state index contributed by atoms with van der Waals surface area (Å²) in [7, 11) is 0. The smallest absolute Gasteiger partial charge is 0.151 e. The van der Waals surface area contributed by atoms with Gasteiger partial charge in [0.15, 0.2) is 5.75 Å². The SMILES string of the molecule is CC(C)(CC1Cc2ccccc2C1)NC[C@H](O)COc1c(Br)cccc1C#N. The number of benzene rings is 2. The zero-order valence-electron chi connectivity index (χ0n) is 16.4. The van der Waals surface area contributed by atoms with Crippen LogP contribution in [0.5, 0.6) is 5.75 Å². The number of β-amino-alcohol motifs (C(OH)–C–C–N with tert-alkyl or cyclic N) is 1. The predicted molar refractivity (Wildman–Crippen MR) is 114 cm³/mol. The lowest BCUT2D eigenvalue weighted by Gasteiger charge is -2.30. The van der Waals surface area contributed by atoms with E-state index in [0.717, 1.165) is 19.3 Å². The Bertz CT molecular complexity index is 835. The van der Waals surface area contributed by atoms with E-state index in [9.17, 15) is 10.4 Å². The molecule has 0 radical (unpaired) electrons. The summed E-state index contributed by atoms with van der Waals surface area (Å²) in [5.74, 6) is 1.11. The van der Waals surface area contributed by atoms with Crippen molar-refractivity contribution in [2.75, 3.05) is 13.2 Å². The molecule has 4 nitrogen and oxygen atoms in total. The first-order chi connectivity index (χ1) is 13.4. The third kappa shape index (κ3) is 5.35. The van der Waals surface area contributed by atoms with Crippen molar-refractivity contribution in [2.45, 2.75) is 44.8 Å². The molecule has 0 bridgehead atoms. The minimum Gasteiger partial charge on any atom is -0.488 e. The van der Waals surface area contributed by atoms with E-state index in [2.05, 4.69) is 65.4 Å². The minimum atomic E-state index is -0.654. The van der Waals surface area contributed by atoms with Crippen molar-refractivity contribution in [3.8, 4) is 11.8 Å². The lowest BCUT2D eigenvalue weighted by atomic mass is 9.88. The van der Waals surface area contributed by atoms with Crippen molar-refractivity contribution >= 4 is 15.9 Å². The van der Waals surface area contributed by atoms with Gasteiger partial charge < -0.3 is 15.2 Å². The number of ether oxygens (including phenoxy) is 1. The highest BCUT2D eigenvalue weighted by Crippen LogP contribution is 2.32. The van der Waals surface area contributed by atoms with Gasteiger partial charge in [0.1, 0.15) is 18.8 Å². The Labute approximate surface area is 175 Å². The van der Waals surface area contributed by atoms with Crippen molar-refractivity contribution in [2.24, 2.45) is 5.92 Å². The first-order valence-corrected chi connectivity index (χ1v) is 10.5. The van der Waals surface area contributed by atoms with Crippen molar-refractivity contribution in [1.29, 1.82) is 5.26 Å². The number of fused-ring (bicyclic) bond motifs is 1. The molecule has 1 atom stereocenters. The second kappa shape index (κ2) is 9.09. The molecule has 0 aliphatic heterocycles. The van der Waals surface area contributed by atoms with Gasteiger partial charge in [0.25, 0.3) is 0 Å². The van der Waals surface area contributed by atoms with E-state index in [-0.39, 0.29) is 12.1 Å². The quantitative estimate of drug-likeness (QED) is 0.641. The molecule has 148 valence electrons. The third-order valence-corrected chi connectivity index (χ3v) is 5.88. The lowest BCUT2D eigenvalue weighted by Crippen LogP contribution is -2.46. The number of para-hydroxylation sites is 1. The van der Waals surface area contributed by atoms with Crippen LogP contribution in [0.4, 0.5) is 0 Å². The summed E-state index contributed by atoms with van der Waals surface area (Å²) >= 11 is 3.40. The number of halogens is 1. The third-order valence-electron chi connectivity index (χ3n) is 5.26. The van der Waals surface area contributed by atoms with Crippen LogP contribution in [-0.4, -0.2) is 29.9 Å². The molecular formula is C23H27BrN2O2.